The first-order valence-corrected chi connectivity index (χ1v) is 10.4. The van der Waals surface area contributed by atoms with E-state index in [0.29, 0.717) is 0 Å². The van der Waals surface area contributed by atoms with Gasteiger partial charge in [-0.2, -0.15) is 0 Å². The van der Waals surface area contributed by atoms with Crippen molar-refractivity contribution in [1.82, 2.24) is 5.32 Å². The fourth-order valence-electron chi connectivity index (χ4n) is 3.95. The Bertz CT molecular complexity index is 839. The molecule has 0 aliphatic carbocycles. The highest BCUT2D eigenvalue weighted by atomic mass is 16.4. The number of carbonyl (C=O) groups is 2. The van der Waals surface area contributed by atoms with E-state index in [4.69, 9.17) is 5.11 Å². The summed E-state index contributed by atoms with van der Waals surface area (Å²) in [4.78, 5) is 26.2. The summed E-state index contributed by atoms with van der Waals surface area (Å²) in [5.74, 6) is -0.769. The van der Waals surface area contributed by atoms with E-state index in [-0.39, 0.29) is 29.9 Å². The lowest BCUT2D eigenvalue weighted by molar-refractivity contribution is -0.121. The van der Waals surface area contributed by atoms with Crippen molar-refractivity contribution in [1.29, 1.82) is 0 Å². The van der Waals surface area contributed by atoms with Crippen molar-refractivity contribution >= 4 is 17.6 Å². The van der Waals surface area contributed by atoms with E-state index in [9.17, 15) is 9.59 Å². The third-order valence-electron chi connectivity index (χ3n) is 5.52. The number of nitrogens with one attached hydrogen (secondary N) is 1. The smallest absolute Gasteiger partial charge is 0.335 e. The maximum absolute atomic E-state index is 12.8. The van der Waals surface area contributed by atoms with Gasteiger partial charge in [0.1, 0.15) is 0 Å². The van der Waals surface area contributed by atoms with Gasteiger partial charge in [0.25, 0.3) is 0 Å². The molecule has 1 amide bonds. The summed E-state index contributed by atoms with van der Waals surface area (Å²) < 4.78 is 0. The number of carboxylic acid groups (broad SMARTS) is 1. The molecular formula is C24H30N2O3. The second-order valence-electron chi connectivity index (χ2n) is 8.07. The van der Waals surface area contributed by atoms with Crippen LogP contribution in [0, 0.1) is 5.92 Å². The van der Waals surface area contributed by atoms with Crippen LogP contribution in [0.2, 0.25) is 0 Å². The van der Waals surface area contributed by atoms with E-state index >= 15 is 0 Å². The Morgan fingerprint density at radius 2 is 1.66 bits per heavy atom. The lowest BCUT2D eigenvalue weighted by Crippen LogP contribution is -2.36. The Kier molecular flexibility index (Phi) is 6.91. The molecule has 5 nitrogen and oxygen atoms in total. The van der Waals surface area contributed by atoms with Gasteiger partial charge in [-0.1, -0.05) is 44.2 Å². The molecule has 5 heteroatoms. The first-order chi connectivity index (χ1) is 14.0. The molecule has 0 spiro atoms. The van der Waals surface area contributed by atoms with Crippen molar-refractivity contribution in [2.75, 3.05) is 18.0 Å². The molecule has 1 aliphatic heterocycles. The maximum atomic E-state index is 12.8. The van der Waals surface area contributed by atoms with Crippen molar-refractivity contribution in [2.24, 2.45) is 5.92 Å². The minimum absolute atomic E-state index is 0.0553. The zero-order chi connectivity index (χ0) is 20.8. The van der Waals surface area contributed by atoms with Crippen LogP contribution in [0.4, 0.5) is 5.69 Å². The summed E-state index contributed by atoms with van der Waals surface area (Å²) in [5.41, 5.74) is 3.42. The lowest BCUT2D eigenvalue weighted by Gasteiger charge is -2.34. The monoisotopic (exact) mass is 394 g/mol. The zero-order valence-corrected chi connectivity index (χ0v) is 17.2. The van der Waals surface area contributed by atoms with Gasteiger partial charge in [0.05, 0.1) is 18.0 Å². The van der Waals surface area contributed by atoms with Gasteiger partial charge >= 0.3 is 5.97 Å². The van der Waals surface area contributed by atoms with E-state index in [0.717, 1.165) is 18.7 Å². The van der Waals surface area contributed by atoms with Crippen LogP contribution in [0.15, 0.2) is 48.5 Å². The van der Waals surface area contributed by atoms with Crippen LogP contribution in [-0.4, -0.2) is 30.1 Å². The number of piperidine rings is 1. The molecule has 1 heterocycles. The Labute approximate surface area is 172 Å². The summed E-state index contributed by atoms with van der Waals surface area (Å²) in [5, 5.41) is 12.2. The van der Waals surface area contributed by atoms with E-state index < -0.39 is 5.97 Å². The second kappa shape index (κ2) is 9.59. The van der Waals surface area contributed by atoms with Gasteiger partial charge in [-0.15, -0.1) is 0 Å². The van der Waals surface area contributed by atoms with E-state index in [2.05, 4.69) is 42.3 Å². The number of hydrogen-bond acceptors (Lipinski definition) is 3. The number of hydrogen-bond donors (Lipinski definition) is 2. The summed E-state index contributed by atoms with van der Waals surface area (Å²) >= 11 is 0. The van der Waals surface area contributed by atoms with Crippen molar-refractivity contribution in [2.45, 2.75) is 45.6 Å². The topological polar surface area (TPSA) is 69.6 Å². The van der Waals surface area contributed by atoms with Gasteiger partial charge in [0, 0.05) is 18.8 Å². The van der Waals surface area contributed by atoms with Crippen molar-refractivity contribution in [3.63, 3.8) is 0 Å². The van der Waals surface area contributed by atoms with Crippen LogP contribution >= 0.6 is 0 Å². The van der Waals surface area contributed by atoms with Gasteiger partial charge in [0.15, 0.2) is 0 Å². The van der Waals surface area contributed by atoms with E-state index in [1.54, 1.807) is 12.1 Å². The van der Waals surface area contributed by atoms with Gasteiger partial charge in [0.2, 0.25) is 5.91 Å². The normalized spacial score (nSPS) is 15.2. The van der Waals surface area contributed by atoms with Gasteiger partial charge in [-0.25, -0.2) is 4.79 Å². The average molecular weight is 395 g/mol. The molecule has 29 heavy (non-hydrogen) atoms. The molecule has 0 aromatic heterocycles. The Morgan fingerprint density at radius 1 is 1.00 bits per heavy atom. The predicted octanol–water partition coefficient (Wildman–Crippen LogP) is 4.43. The number of carboxylic acids is 1. The highest BCUT2D eigenvalue weighted by molar-refractivity contribution is 5.87. The zero-order valence-electron chi connectivity index (χ0n) is 17.2. The molecular weight excluding hydrogens is 364 g/mol. The minimum Gasteiger partial charge on any atom is -0.478 e. The molecule has 1 fully saturated rings. The molecule has 2 N–H and O–H groups in total. The summed E-state index contributed by atoms with van der Waals surface area (Å²) in [6.07, 6.45) is 3.93. The number of nitrogens with zero attached hydrogens (tertiary/aromatic N) is 1. The summed E-state index contributed by atoms with van der Waals surface area (Å²) in [6.45, 7) is 6.37. The molecule has 2 aromatic carbocycles. The number of amides is 1. The Morgan fingerprint density at radius 3 is 2.28 bits per heavy atom. The molecule has 1 atom stereocenters. The largest absolute Gasteiger partial charge is 0.478 e. The number of anilines is 1. The van der Waals surface area contributed by atoms with Crippen LogP contribution < -0.4 is 10.2 Å². The first-order valence-electron chi connectivity index (χ1n) is 10.4. The highest BCUT2D eigenvalue weighted by Gasteiger charge is 2.24. The molecule has 1 aliphatic rings. The number of carbonyl (C=O) groups excluding carboxylic acids is 1. The minimum atomic E-state index is -0.963. The molecule has 2 aromatic rings. The maximum Gasteiger partial charge on any atom is 0.335 e. The summed E-state index contributed by atoms with van der Waals surface area (Å²) in [7, 11) is 0. The highest BCUT2D eigenvalue weighted by Crippen LogP contribution is 2.32. The first kappa shape index (κ1) is 20.9. The SMILES string of the molecule is CC(C)C(NC(=O)Cc1ccc(C(=O)O)cc1)c1ccccc1N1CCCCC1. The van der Waals surface area contributed by atoms with Crippen LogP contribution in [0.25, 0.3) is 0 Å². The Hall–Kier alpha value is -2.82. The van der Waals surface area contributed by atoms with Crippen LogP contribution in [-0.2, 0) is 11.2 Å². The lowest BCUT2D eigenvalue weighted by atomic mass is 9.93. The molecule has 0 bridgehead atoms. The average Bonchev–Trinajstić information content (AvgIpc) is 2.73. The third kappa shape index (κ3) is 5.37. The number of para-hydroxylation sites is 1. The van der Waals surface area contributed by atoms with Crippen molar-refractivity contribution < 1.29 is 14.7 Å². The van der Waals surface area contributed by atoms with Gasteiger partial charge < -0.3 is 15.3 Å². The van der Waals surface area contributed by atoms with Crippen LogP contribution in [0.1, 0.15) is 60.6 Å². The molecule has 1 saturated heterocycles. The van der Waals surface area contributed by atoms with Crippen molar-refractivity contribution in [3.8, 4) is 0 Å². The van der Waals surface area contributed by atoms with Crippen LogP contribution in [0.3, 0.4) is 0 Å². The van der Waals surface area contributed by atoms with Gasteiger partial charge in [-0.3, -0.25) is 4.79 Å². The summed E-state index contributed by atoms with van der Waals surface area (Å²) in [6, 6.07) is 14.8. The fourth-order valence-corrected chi connectivity index (χ4v) is 3.95. The van der Waals surface area contributed by atoms with Crippen LogP contribution in [0.5, 0.6) is 0 Å². The van der Waals surface area contributed by atoms with Crippen molar-refractivity contribution in [3.05, 3.63) is 65.2 Å². The van der Waals surface area contributed by atoms with E-state index in [1.807, 2.05) is 6.07 Å². The molecule has 154 valence electrons. The molecule has 0 saturated carbocycles. The molecule has 3 rings (SSSR count). The quantitative estimate of drug-likeness (QED) is 0.729. The fraction of sp³-hybridized carbons (Fsp3) is 0.417. The van der Waals surface area contributed by atoms with Gasteiger partial charge in [-0.05, 0) is 54.5 Å². The molecule has 0 radical (unpaired) electrons. The Balaban J connectivity index is 1.75. The number of rotatable bonds is 7. The predicted molar refractivity (Wildman–Crippen MR) is 115 cm³/mol. The second-order valence-corrected chi connectivity index (χ2v) is 8.07. The number of aromatic carboxylic acids is 1. The molecule has 1 unspecified atom stereocenters. The van der Waals surface area contributed by atoms with E-state index in [1.165, 1.54) is 42.6 Å². The number of benzene rings is 2. The third-order valence-corrected chi connectivity index (χ3v) is 5.52. The standard InChI is InChI=1S/C24H30N2O3/c1-17(2)23(20-8-4-5-9-21(20)26-14-6-3-7-15-26)25-22(27)16-18-10-12-19(13-11-18)24(28)29/h4-5,8-13,17,23H,3,6-7,14-16H2,1-2H3,(H,25,27)(H,28,29).